The summed E-state index contributed by atoms with van der Waals surface area (Å²) in [5.41, 5.74) is 0.136. The first kappa shape index (κ1) is 21.5. The summed E-state index contributed by atoms with van der Waals surface area (Å²) in [5, 5.41) is 3.17. The third-order valence-corrected chi connectivity index (χ3v) is 3.02. The summed E-state index contributed by atoms with van der Waals surface area (Å²) >= 11 is 0. The lowest BCUT2D eigenvalue weighted by atomic mass is 10.0. The van der Waals surface area contributed by atoms with Crippen LogP contribution in [0.4, 0.5) is 13.2 Å². The van der Waals surface area contributed by atoms with Gasteiger partial charge in [0.15, 0.2) is 0 Å². The van der Waals surface area contributed by atoms with E-state index in [-0.39, 0.29) is 18.4 Å². The van der Waals surface area contributed by atoms with E-state index < -0.39 is 11.7 Å². The summed E-state index contributed by atoms with van der Waals surface area (Å²) in [6.07, 6.45) is -3.64. The van der Waals surface area contributed by atoms with E-state index in [1.807, 2.05) is 50.2 Å². The smallest absolute Gasteiger partial charge is 0.314 e. The Balaban J connectivity index is 0.000000581. The van der Waals surface area contributed by atoms with Crippen molar-refractivity contribution in [2.75, 3.05) is 6.54 Å². The van der Waals surface area contributed by atoms with Crippen LogP contribution in [0.1, 0.15) is 25.0 Å². The topological polar surface area (TPSA) is 12.0 Å². The minimum atomic E-state index is -4.25. The van der Waals surface area contributed by atoms with Gasteiger partial charge >= 0.3 is 6.18 Å². The monoisotopic (exact) mass is 345 g/mol. The predicted octanol–water partition coefficient (Wildman–Crippen LogP) is 5.35. The highest BCUT2D eigenvalue weighted by Crippen LogP contribution is 2.29. The molecule has 128 valence electrons. The number of halogens is 4. The van der Waals surface area contributed by atoms with Crippen molar-refractivity contribution in [3.8, 4) is 0 Å². The van der Waals surface area contributed by atoms with Gasteiger partial charge < -0.3 is 5.32 Å². The number of likely N-dealkylation sites (N-methyl/N-ethyl adjacent to an activating group) is 1. The summed E-state index contributed by atoms with van der Waals surface area (Å²) in [7, 11) is 0. The average Bonchev–Trinajstić information content (AvgIpc) is 2.49. The molecule has 0 aliphatic heterocycles. The maximum absolute atomic E-state index is 12.4. The Morgan fingerprint density at radius 3 is 1.91 bits per heavy atom. The molecule has 1 N–H and O–H groups in total. The molecule has 23 heavy (non-hydrogen) atoms. The van der Waals surface area contributed by atoms with Crippen LogP contribution in [0.2, 0.25) is 0 Å². The molecule has 0 fully saturated rings. The maximum atomic E-state index is 12.4. The van der Waals surface area contributed by atoms with Crippen LogP contribution in [0, 0.1) is 0 Å². The van der Waals surface area contributed by atoms with E-state index >= 15 is 0 Å². The molecule has 2 aromatic carbocycles. The van der Waals surface area contributed by atoms with E-state index in [9.17, 15) is 13.2 Å². The Hall–Kier alpha value is -1.52. The summed E-state index contributed by atoms with van der Waals surface area (Å²) in [6.45, 7) is 4.76. The Bertz CT molecular complexity index is 503. The Morgan fingerprint density at radius 2 is 1.48 bits per heavy atom. The van der Waals surface area contributed by atoms with Gasteiger partial charge in [0.2, 0.25) is 0 Å². The Labute approximate surface area is 142 Å². The molecule has 0 aliphatic carbocycles. The molecule has 0 aromatic heterocycles. The van der Waals surface area contributed by atoms with Gasteiger partial charge in [0.1, 0.15) is 0 Å². The first-order chi connectivity index (χ1) is 10.4. The van der Waals surface area contributed by atoms with Crippen LogP contribution in [0.15, 0.2) is 60.7 Å². The van der Waals surface area contributed by atoms with E-state index in [1.54, 1.807) is 6.07 Å². The zero-order valence-electron chi connectivity index (χ0n) is 13.3. The predicted molar refractivity (Wildman–Crippen MR) is 92.0 cm³/mol. The van der Waals surface area contributed by atoms with Crippen LogP contribution >= 0.6 is 12.4 Å². The van der Waals surface area contributed by atoms with Crippen molar-refractivity contribution < 1.29 is 13.2 Å². The highest BCUT2D eigenvalue weighted by atomic mass is 35.5. The van der Waals surface area contributed by atoms with Gasteiger partial charge in [-0.25, -0.2) is 0 Å². The molecule has 0 radical (unpaired) electrons. The van der Waals surface area contributed by atoms with Crippen molar-refractivity contribution in [2.24, 2.45) is 0 Å². The fourth-order valence-electron chi connectivity index (χ4n) is 2.03. The molecule has 2 aromatic rings. The molecule has 1 unspecified atom stereocenters. The van der Waals surface area contributed by atoms with Crippen molar-refractivity contribution in [3.63, 3.8) is 0 Å². The molecule has 0 saturated heterocycles. The molecular formula is C18H23ClF3N. The molecule has 0 heterocycles. The van der Waals surface area contributed by atoms with Gasteiger partial charge in [0.25, 0.3) is 0 Å². The van der Waals surface area contributed by atoms with Crippen molar-refractivity contribution in [1.82, 2.24) is 5.32 Å². The molecule has 0 amide bonds. The van der Waals surface area contributed by atoms with Crippen LogP contribution < -0.4 is 5.32 Å². The van der Waals surface area contributed by atoms with Crippen molar-refractivity contribution >= 4 is 12.4 Å². The number of benzene rings is 2. The zero-order valence-corrected chi connectivity index (χ0v) is 14.1. The lowest BCUT2D eigenvalue weighted by molar-refractivity contribution is -0.137. The summed E-state index contributed by atoms with van der Waals surface area (Å²) in [6, 6.07) is 17.7. The van der Waals surface area contributed by atoms with Gasteiger partial charge in [-0.15, -0.1) is 12.4 Å². The van der Waals surface area contributed by atoms with Gasteiger partial charge in [0.05, 0.1) is 5.56 Å². The first-order valence-electron chi connectivity index (χ1n) is 7.33. The van der Waals surface area contributed by atoms with Crippen molar-refractivity contribution in [1.29, 1.82) is 0 Å². The van der Waals surface area contributed by atoms with E-state index in [0.717, 1.165) is 12.6 Å². The molecule has 0 aliphatic rings. The van der Waals surface area contributed by atoms with Gasteiger partial charge in [-0.3, -0.25) is 0 Å². The standard InChI is InChI=1S/C12H16F3N.C6H6.ClH/c1-3-16-9(2)7-10-5-4-6-11(8-10)12(13,14)15;1-2-4-6-5-3-1;/h4-6,8-9,16H,3,7H2,1-2H3;1-6H;1H. The third kappa shape index (κ3) is 9.26. The van der Waals surface area contributed by atoms with Gasteiger partial charge in [-0.05, 0) is 31.5 Å². The SMILES string of the molecule is CCNC(C)Cc1cccc(C(F)(F)F)c1.Cl.c1ccccc1. The first-order valence-corrected chi connectivity index (χ1v) is 7.33. The second kappa shape index (κ2) is 11.1. The number of hydrogen-bond acceptors (Lipinski definition) is 1. The van der Waals surface area contributed by atoms with E-state index in [0.29, 0.717) is 12.0 Å². The quantitative estimate of drug-likeness (QED) is 0.787. The second-order valence-electron chi connectivity index (χ2n) is 5.02. The average molecular weight is 346 g/mol. The lowest BCUT2D eigenvalue weighted by Gasteiger charge is -2.13. The van der Waals surface area contributed by atoms with E-state index in [2.05, 4.69) is 5.32 Å². The number of nitrogens with one attached hydrogen (secondary N) is 1. The highest BCUT2D eigenvalue weighted by molar-refractivity contribution is 5.85. The van der Waals surface area contributed by atoms with Gasteiger partial charge in [-0.2, -0.15) is 13.2 Å². The van der Waals surface area contributed by atoms with Crippen LogP contribution in [0.3, 0.4) is 0 Å². The van der Waals surface area contributed by atoms with Crippen molar-refractivity contribution in [2.45, 2.75) is 32.5 Å². The third-order valence-electron chi connectivity index (χ3n) is 3.02. The minimum Gasteiger partial charge on any atom is -0.314 e. The summed E-state index contributed by atoms with van der Waals surface area (Å²) < 4.78 is 37.3. The number of hydrogen-bond donors (Lipinski definition) is 1. The molecule has 2 rings (SSSR count). The molecule has 5 heteroatoms. The van der Waals surface area contributed by atoms with Crippen LogP contribution in [-0.2, 0) is 12.6 Å². The van der Waals surface area contributed by atoms with E-state index in [1.165, 1.54) is 12.1 Å². The zero-order chi connectivity index (χ0) is 16.4. The number of rotatable bonds is 4. The van der Waals surface area contributed by atoms with Crippen molar-refractivity contribution in [3.05, 3.63) is 71.8 Å². The fourth-order valence-corrected chi connectivity index (χ4v) is 2.03. The summed E-state index contributed by atoms with van der Waals surface area (Å²) in [5.74, 6) is 0. The molecular weight excluding hydrogens is 323 g/mol. The largest absolute Gasteiger partial charge is 0.416 e. The van der Waals surface area contributed by atoms with Crippen LogP contribution in [-0.4, -0.2) is 12.6 Å². The van der Waals surface area contributed by atoms with Crippen LogP contribution in [0.5, 0.6) is 0 Å². The van der Waals surface area contributed by atoms with Gasteiger partial charge in [-0.1, -0.05) is 61.5 Å². The van der Waals surface area contributed by atoms with Gasteiger partial charge in [0, 0.05) is 6.04 Å². The molecule has 0 bridgehead atoms. The maximum Gasteiger partial charge on any atom is 0.416 e. The minimum absolute atomic E-state index is 0. The molecule has 1 nitrogen and oxygen atoms in total. The highest BCUT2D eigenvalue weighted by Gasteiger charge is 2.30. The Kier molecular flexibility index (Phi) is 10.4. The summed E-state index contributed by atoms with van der Waals surface area (Å²) in [4.78, 5) is 0. The molecule has 0 saturated carbocycles. The van der Waals surface area contributed by atoms with E-state index in [4.69, 9.17) is 0 Å². The normalized spacial score (nSPS) is 11.7. The second-order valence-corrected chi connectivity index (χ2v) is 5.02. The lowest BCUT2D eigenvalue weighted by Crippen LogP contribution is -2.27. The number of alkyl halides is 3. The molecule has 0 spiro atoms. The fraction of sp³-hybridized carbons (Fsp3) is 0.333. The Morgan fingerprint density at radius 1 is 0.957 bits per heavy atom. The van der Waals surface area contributed by atoms with Crippen LogP contribution in [0.25, 0.3) is 0 Å². The molecule has 1 atom stereocenters.